The van der Waals surface area contributed by atoms with Gasteiger partial charge in [-0.25, -0.2) is 19.3 Å². The van der Waals surface area contributed by atoms with Gasteiger partial charge in [-0.3, -0.25) is 24.5 Å². The van der Waals surface area contributed by atoms with Gasteiger partial charge in [0.2, 0.25) is 17.8 Å². The van der Waals surface area contributed by atoms with E-state index >= 15 is 0 Å². The molecular weight excluding hydrogens is 779 g/mol. The largest absolute Gasteiger partial charge is 0.484 e. The number of fused-ring (bicyclic) bond motifs is 4. The minimum atomic E-state index is -1.19. The van der Waals surface area contributed by atoms with Crippen LogP contribution in [0.5, 0.6) is 5.75 Å². The molecule has 61 heavy (non-hydrogen) atoms. The number of allylic oxidation sites excluding steroid dienone is 1. The highest BCUT2D eigenvalue weighted by atomic mass is 16.5. The lowest BCUT2D eigenvalue weighted by Crippen LogP contribution is -2.50. The van der Waals surface area contributed by atoms with Crippen molar-refractivity contribution in [1.82, 2.24) is 34.5 Å². The van der Waals surface area contributed by atoms with Crippen molar-refractivity contribution in [1.29, 1.82) is 0 Å². The molecule has 310 valence electrons. The Balaban J connectivity index is 0.826. The number of benzene rings is 3. The van der Waals surface area contributed by atoms with Gasteiger partial charge < -0.3 is 29.4 Å². The molecule has 16 heteroatoms. The van der Waals surface area contributed by atoms with Gasteiger partial charge in [-0.2, -0.15) is 4.98 Å². The van der Waals surface area contributed by atoms with E-state index in [0.29, 0.717) is 66.5 Å². The van der Waals surface area contributed by atoms with Crippen molar-refractivity contribution in [3.05, 3.63) is 120 Å². The van der Waals surface area contributed by atoms with Crippen LogP contribution in [0.1, 0.15) is 43.9 Å². The maximum atomic E-state index is 13.4. The Kier molecular flexibility index (Phi) is 10.1. The molecule has 0 bridgehead atoms. The van der Waals surface area contributed by atoms with Crippen LogP contribution in [0.15, 0.2) is 107 Å². The van der Waals surface area contributed by atoms with Crippen molar-refractivity contribution in [2.45, 2.75) is 44.8 Å². The zero-order chi connectivity index (χ0) is 42.4. The molecule has 1 unspecified atom stereocenters. The number of nitrogens with one attached hydrogen (secondary N) is 2. The van der Waals surface area contributed by atoms with Crippen LogP contribution in [0.25, 0.3) is 38.6 Å². The summed E-state index contributed by atoms with van der Waals surface area (Å²) in [5, 5.41) is 19.2. The zero-order valence-electron chi connectivity index (χ0n) is 33.6. The van der Waals surface area contributed by atoms with Gasteiger partial charge in [0.15, 0.2) is 18.1 Å². The number of carbonyl (C=O) groups excluding carboxylic acids is 3. The predicted molar refractivity (Wildman–Crippen MR) is 229 cm³/mol. The Morgan fingerprint density at radius 1 is 1.02 bits per heavy atom. The minimum Gasteiger partial charge on any atom is -0.484 e. The molecule has 4 aromatic heterocycles. The summed E-state index contributed by atoms with van der Waals surface area (Å²) in [7, 11) is 0. The first-order valence-corrected chi connectivity index (χ1v) is 20.0. The molecule has 2 aliphatic heterocycles. The quantitative estimate of drug-likeness (QED) is 0.113. The van der Waals surface area contributed by atoms with Gasteiger partial charge in [-0.15, -0.1) is 6.58 Å². The molecule has 7 aromatic rings. The summed E-state index contributed by atoms with van der Waals surface area (Å²) in [6.07, 6.45) is 5.41. The normalized spacial score (nSPS) is 16.0. The van der Waals surface area contributed by atoms with E-state index < -0.39 is 11.5 Å². The molecule has 3 N–H and O–H groups in total. The third kappa shape index (κ3) is 7.57. The van der Waals surface area contributed by atoms with E-state index in [9.17, 15) is 24.3 Å². The Labute approximate surface area is 349 Å². The van der Waals surface area contributed by atoms with Gasteiger partial charge in [0.25, 0.3) is 11.5 Å². The summed E-state index contributed by atoms with van der Waals surface area (Å²) in [6.45, 7) is 9.58. The number of furan rings is 1. The Hall–Kier alpha value is -7.33. The van der Waals surface area contributed by atoms with E-state index in [4.69, 9.17) is 14.1 Å². The van der Waals surface area contributed by atoms with Gasteiger partial charge in [-0.1, -0.05) is 18.2 Å². The third-order valence-corrected chi connectivity index (χ3v) is 11.2. The molecule has 2 saturated heterocycles. The summed E-state index contributed by atoms with van der Waals surface area (Å²) < 4.78 is 14.9. The molecule has 0 spiro atoms. The fourth-order valence-corrected chi connectivity index (χ4v) is 8.03. The van der Waals surface area contributed by atoms with E-state index in [-0.39, 0.29) is 48.8 Å². The SMILES string of the molecule is C=CCn1c(=O)c2cnc(Nc3ccc(N4CCN(C(=O)COc5ccc6c(ccc7occ(C8CCC(=O)NC8=O)c76)c5)CC4)cc3)nc2n1-c1cccc(C(C)(C)O)n1. The number of aliphatic hydroxyl groups is 1. The van der Waals surface area contributed by atoms with Crippen LogP contribution >= 0.6 is 0 Å². The van der Waals surface area contributed by atoms with E-state index in [0.717, 1.165) is 33.1 Å². The summed E-state index contributed by atoms with van der Waals surface area (Å²) in [4.78, 5) is 68.8. The molecule has 16 nitrogen and oxygen atoms in total. The molecule has 3 aromatic carbocycles. The number of imide groups is 1. The zero-order valence-corrected chi connectivity index (χ0v) is 33.6. The van der Waals surface area contributed by atoms with E-state index in [1.54, 1.807) is 54.0 Å². The maximum Gasteiger partial charge on any atom is 0.278 e. The average molecular weight is 822 g/mol. The highest BCUT2D eigenvalue weighted by Gasteiger charge is 2.31. The van der Waals surface area contributed by atoms with Crippen LogP contribution < -0.4 is 25.8 Å². The summed E-state index contributed by atoms with van der Waals surface area (Å²) >= 11 is 0. The van der Waals surface area contributed by atoms with E-state index in [1.807, 2.05) is 54.6 Å². The number of rotatable bonds is 11. The third-order valence-electron chi connectivity index (χ3n) is 11.2. The Morgan fingerprint density at radius 2 is 1.82 bits per heavy atom. The Morgan fingerprint density at radius 3 is 2.57 bits per heavy atom. The lowest BCUT2D eigenvalue weighted by molar-refractivity contribution is -0.135. The number of nitrogens with zero attached hydrogens (tertiary/aromatic N) is 7. The van der Waals surface area contributed by atoms with Crippen LogP contribution in [-0.2, 0) is 26.5 Å². The topological polar surface area (TPSA) is 190 Å². The molecular formula is C45H43N9O7. The minimum absolute atomic E-state index is 0.103. The van der Waals surface area contributed by atoms with Crippen molar-refractivity contribution in [2.75, 3.05) is 43.0 Å². The molecule has 6 heterocycles. The monoisotopic (exact) mass is 821 g/mol. The lowest BCUT2D eigenvalue weighted by atomic mass is 9.89. The fourth-order valence-electron chi connectivity index (χ4n) is 8.03. The van der Waals surface area contributed by atoms with Crippen LogP contribution in [0.2, 0.25) is 0 Å². The molecule has 2 aliphatic rings. The van der Waals surface area contributed by atoms with Crippen LogP contribution in [-0.4, -0.2) is 84.8 Å². The van der Waals surface area contributed by atoms with Crippen molar-refractivity contribution in [2.24, 2.45) is 0 Å². The fraction of sp³-hybridized carbons (Fsp3) is 0.267. The molecule has 0 aliphatic carbocycles. The van der Waals surface area contributed by atoms with Crippen LogP contribution in [0.3, 0.4) is 0 Å². The van der Waals surface area contributed by atoms with E-state index in [1.165, 1.54) is 10.9 Å². The number of pyridine rings is 1. The standard InChI is InChI=1S/C45H43N9O7/c1-4-18-53-43(58)33-24-46-44(50-41(33)54(53)37-7-5-6-36(48-37)45(2,3)59)47-28-9-11-29(12-10-28)51-19-21-52(22-20-51)39(56)26-60-30-13-14-31-27(23-30)8-16-35-40(31)34(25-61-35)32-15-17-38(55)49-42(32)57/h4-14,16,23-25,32,59H,1,15,17-22,26H2,2-3H3,(H,46,47,50)(H,49,55,57). The number of hydrogen-bond donors (Lipinski definition) is 3. The highest BCUT2D eigenvalue weighted by molar-refractivity contribution is 6.11. The number of carbonyl (C=O) groups is 3. The van der Waals surface area contributed by atoms with Crippen molar-refractivity contribution in [3.63, 3.8) is 0 Å². The number of amides is 3. The summed E-state index contributed by atoms with van der Waals surface area (Å²) in [5.41, 5.74) is 2.47. The summed E-state index contributed by atoms with van der Waals surface area (Å²) in [6, 6.07) is 22.5. The number of piperidine rings is 1. The summed E-state index contributed by atoms with van der Waals surface area (Å²) in [5.74, 6) is 0.0989. The molecule has 2 fully saturated rings. The van der Waals surface area contributed by atoms with Crippen LogP contribution in [0.4, 0.5) is 17.3 Å². The predicted octanol–water partition coefficient (Wildman–Crippen LogP) is 5.28. The first-order chi connectivity index (χ1) is 29.4. The number of anilines is 3. The van der Waals surface area contributed by atoms with Crippen molar-refractivity contribution in [3.8, 4) is 11.6 Å². The maximum absolute atomic E-state index is 13.4. The second-order valence-electron chi connectivity index (χ2n) is 15.7. The van der Waals surface area contributed by atoms with Crippen molar-refractivity contribution < 1.29 is 28.6 Å². The number of piperazine rings is 1. The molecule has 3 amide bonds. The highest BCUT2D eigenvalue weighted by Crippen LogP contribution is 2.38. The number of hydrogen-bond acceptors (Lipinski definition) is 12. The van der Waals surface area contributed by atoms with Gasteiger partial charge in [0.05, 0.1) is 24.4 Å². The van der Waals surface area contributed by atoms with Gasteiger partial charge in [0, 0.05) is 61.1 Å². The molecule has 1 atom stereocenters. The average Bonchev–Trinajstić information content (AvgIpc) is 3.81. The second kappa shape index (κ2) is 15.7. The first kappa shape index (κ1) is 39.1. The van der Waals surface area contributed by atoms with Crippen molar-refractivity contribution >= 4 is 67.8 Å². The number of ether oxygens (including phenoxy) is 1. The first-order valence-electron chi connectivity index (χ1n) is 20.0. The van der Waals surface area contributed by atoms with Crippen LogP contribution in [0, 0.1) is 0 Å². The molecule has 0 radical (unpaired) electrons. The molecule has 0 saturated carbocycles. The van der Waals surface area contributed by atoms with Gasteiger partial charge in [-0.05, 0) is 91.7 Å². The lowest BCUT2D eigenvalue weighted by Gasteiger charge is -2.36. The van der Waals surface area contributed by atoms with E-state index in [2.05, 4.69) is 32.1 Å². The Bertz CT molecular complexity index is 2920. The van der Waals surface area contributed by atoms with Gasteiger partial charge >= 0.3 is 0 Å². The van der Waals surface area contributed by atoms with Gasteiger partial charge in [0.1, 0.15) is 22.3 Å². The smallest absolute Gasteiger partial charge is 0.278 e. The second-order valence-corrected chi connectivity index (χ2v) is 15.7. The number of aromatic nitrogens is 5. The molecule has 9 rings (SSSR count).